The Morgan fingerprint density at radius 3 is 2.86 bits per heavy atom. The molecule has 0 aliphatic rings. The predicted molar refractivity (Wildman–Crippen MR) is 88.1 cm³/mol. The number of hydrogen-bond donors (Lipinski definition) is 2. The minimum absolute atomic E-state index is 0.0497. The molecule has 0 bridgehead atoms. The highest BCUT2D eigenvalue weighted by Gasteiger charge is 2.12. The second-order valence-electron chi connectivity index (χ2n) is 5.05. The minimum atomic E-state index is -0.0497. The lowest BCUT2D eigenvalue weighted by molar-refractivity contribution is 0.0940. The highest BCUT2D eigenvalue weighted by atomic mass is 32.1. The highest BCUT2D eigenvalue weighted by Crippen LogP contribution is 2.12. The van der Waals surface area contributed by atoms with Crippen LogP contribution in [0.2, 0.25) is 0 Å². The Morgan fingerprint density at radius 1 is 1.43 bits per heavy atom. The van der Waals surface area contributed by atoms with Crippen LogP contribution in [0.25, 0.3) is 0 Å². The van der Waals surface area contributed by atoms with Crippen molar-refractivity contribution in [2.24, 2.45) is 0 Å². The van der Waals surface area contributed by atoms with Crippen LogP contribution < -0.4 is 10.6 Å². The maximum absolute atomic E-state index is 12.4. The molecule has 0 fully saturated rings. The van der Waals surface area contributed by atoms with Gasteiger partial charge in [-0.1, -0.05) is 6.92 Å². The number of carbonyl (C=O) groups excluding carboxylic acids is 1. The first-order valence-corrected chi connectivity index (χ1v) is 8.07. The fraction of sp³-hybridized carbons (Fsp3) is 0.375. The average molecular weight is 303 g/mol. The summed E-state index contributed by atoms with van der Waals surface area (Å²) in [5, 5.41) is 10.2. The molecular formula is C16H21N3OS. The number of nitrogens with zero attached hydrogens (tertiary/aromatic N) is 1. The second-order valence-corrected chi connectivity index (χ2v) is 5.83. The molecule has 0 saturated carbocycles. The number of aromatic nitrogens is 1. The van der Waals surface area contributed by atoms with Gasteiger partial charge in [0.05, 0.1) is 0 Å². The van der Waals surface area contributed by atoms with Gasteiger partial charge in [0.1, 0.15) is 5.82 Å². The number of thiophene rings is 1. The second kappa shape index (κ2) is 7.22. The third kappa shape index (κ3) is 4.29. The Bertz CT molecular complexity index is 573. The van der Waals surface area contributed by atoms with E-state index in [0.29, 0.717) is 5.56 Å². The van der Waals surface area contributed by atoms with Gasteiger partial charge < -0.3 is 10.6 Å². The molecule has 1 unspecified atom stereocenters. The van der Waals surface area contributed by atoms with Gasteiger partial charge in [0.15, 0.2) is 0 Å². The number of amides is 1. The van der Waals surface area contributed by atoms with Crippen LogP contribution in [0.4, 0.5) is 5.82 Å². The summed E-state index contributed by atoms with van der Waals surface area (Å²) in [4.78, 5) is 16.8. The van der Waals surface area contributed by atoms with Crippen LogP contribution in [0, 0.1) is 0 Å². The van der Waals surface area contributed by atoms with Crippen molar-refractivity contribution in [1.29, 1.82) is 0 Å². The van der Waals surface area contributed by atoms with Gasteiger partial charge in [-0.05, 0) is 54.3 Å². The maximum atomic E-state index is 12.4. The van der Waals surface area contributed by atoms with Crippen molar-refractivity contribution in [2.75, 3.05) is 12.4 Å². The zero-order valence-corrected chi connectivity index (χ0v) is 13.5. The van der Waals surface area contributed by atoms with Gasteiger partial charge in [0.25, 0.3) is 5.91 Å². The molecule has 0 aliphatic carbocycles. The molecule has 1 atom stereocenters. The Labute approximate surface area is 129 Å². The summed E-state index contributed by atoms with van der Waals surface area (Å²) in [6.07, 6.45) is 1.65. The van der Waals surface area contributed by atoms with E-state index in [1.165, 1.54) is 5.56 Å². The van der Waals surface area contributed by atoms with Gasteiger partial charge in [-0.15, -0.1) is 0 Å². The van der Waals surface area contributed by atoms with E-state index in [4.69, 9.17) is 0 Å². The van der Waals surface area contributed by atoms with E-state index in [1.807, 2.05) is 27.0 Å². The van der Waals surface area contributed by atoms with E-state index < -0.39 is 0 Å². The number of carbonyl (C=O) groups is 1. The molecule has 0 saturated heterocycles. The molecule has 2 aromatic rings. The molecule has 1 amide bonds. The van der Waals surface area contributed by atoms with Crippen molar-refractivity contribution in [3.8, 4) is 0 Å². The summed E-state index contributed by atoms with van der Waals surface area (Å²) in [6, 6.07) is 5.83. The summed E-state index contributed by atoms with van der Waals surface area (Å²) in [5.41, 5.74) is 2.83. The van der Waals surface area contributed by atoms with Crippen LogP contribution in [-0.2, 0) is 12.8 Å². The average Bonchev–Trinajstić information content (AvgIpc) is 2.99. The lowest BCUT2D eigenvalue weighted by Gasteiger charge is -2.14. The first-order chi connectivity index (χ1) is 10.1. The molecule has 2 N–H and O–H groups in total. The number of nitrogens with one attached hydrogen (secondary N) is 2. The standard InChI is InChI=1S/C16H21N3OS/c1-4-14-8-13(9-15(17-3)19-14)16(20)18-11(2)7-12-5-6-21-10-12/h5-6,8-11H,4,7H2,1-3H3,(H,17,19)(H,18,20). The van der Waals surface area contributed by atoms with Gasteiger partial charge in [-0.2, -0.15) is 11.3 Å². The monoisotopic (exact) mass is 303 g/mol. The molecule has 21 heavy (non-hydrogen) atoms. The molecule has 112 valence electrons. The van der Waals surface area contributed by atoms with E-state index >= 15 is 0 Å². The molecule has 2 aromatic heterocycles. The zero-order chi connectivity index (χ0) is 15.2. The summed E-state index contributed by atoms with van der Waals surface area (Å²) in [7, 11) is 1.81. The Morgan fingerprint density at radius 2 is 2.24 bits per heavy atom. The van der Waals surface area contributed by atoms with Crippen LogP contribution in [0.3, 0.4) is 0 Å². The van der Waals surface area contributed by atoms with E-state index in [2.05, 4.69) is 32.4 Å². The van der Waals surface area contributed by atoms with Gasteiger partial charge in [0, 0.05) is 24.3 Å². The van der Waals surface area contributed by atoms with Crippen molar-refractivity contribution in [2.45, 2.75) is 32.7 Å². The number of rotatable bonds is 6. The van der Waals surface area contributed by atoms with Crippen molar-refractivity contribution >= 4 is 23.1 Å². The highest BCUT2D eigenvalue weighted by molar-refractivity contribution is 7.07. The molecular weight excluding hydrogens is 282 g/mol. The molecule has 0 radical (unpaired) electrons. The van der Waals surface area contributed by atoms with Crippen molar-refractivity contribution < 1.29 is 4.79 Å². The van der Waals surface area contributed by atoms with E-state index in [-0.39, 0.29) is 11.9 Å². The minimum Gasteiger partial charge on any atom is -0.373 e. The Hall–Kier alpha value is -1.88. The molecule has 5 heteroatoms. The predicted octanol–water partition coefficient (Wildman–Crippen LogP) is 3.11. The van der Waals surface area contributed by atoms with E-state index in [1.54, 1.807) is 17.4 Å². The lowest BCUT2D eigenvalue weighted by atomic mass is 10.1. The normalized spacial score (nSPS) is 12.0. The Balaban J connectivity index is 2.05. The first kappa shape index (κ1) is 15.5. The van der Waals surface area contributed by atoms with Gasteiger partial charge in [-0.25, -0.2) is 4.98 Å². The quantitative estimate of drug-likeness (QED) is 0.862. The summed E-state index contributed by atoms with van der Waals surface area (Å²) in [6.45, 7) is 4.05. The van der Waals surface area contributed by atoms with Crippen LogP contribution >= 0.6 is 11.3 Å². The third-order valence-corrected chi connectivity index (χ3v) is 3.99. The fourth-order valence-electron chi connectivity index (χ4n) is 2.15. The number of anilines is 1. The molecule has 2 rings (SSSR count). The van der Waals surface area contributed by atoms with Crippen molar-refractivity contribution in [3.05, 3.63) is 45.8 Å². The van der Waals surface area contributed by atoms with Crippen molar-refractivity contribution in [1.82, 2.24) is 10.3 Å². The SMILES string of the molecule is CCc1cc(C(=O)NC(C)Cc2ccsc2)cc(NC)n1. The van der Waals surface area contributed by atoms with Gasteiger partial charge >= 0.3 is 0 Å². The molecule has 2 heterocycles. The Kier molecular flexibility index (Phi) is 5.33. The van der Waals surface area contributed by atoms with E-state index in [0.717, 1.165) is 24.4 Å². The zero-order valence-electron chi connectivity index (χ0n) is 12.6. The fourth-order valence-corrected chi connectivity index (χ4v) is 2.83. The maximum Gasteiger partial charge on any atom is 0.251 e. The van der Waals surface area contributed by atoms with Gasteiger partial charge in [-0.3, -0.25) is 4.79 Å². The third-order valence-electron chi connectivity index (χ3n) is 3.26. The number of pyridine rings is 1. The number of aryl methyl sites for hydroxylation is 1. The first-order valence-electron chi connectivity index (χ1n) is 7.13. The number of hydrogen-bond acceptors (Lipinski definition) is 4. The smallest absolute Gasteiger partial charge is 0.251 e. The summed E-state index contributed by atoms with van der Waals surface area (Å²) < 4.78 is 0. The topological polar surface area (TPSA) is 54.0 Å². The van der Waals surface area contributed by atoms with Crippen LogP contribution in [0.5, 0.6) is 0 Å². The largest absolute Gasteiger partial charge is 0.373 e. The molecule has 4 nitrogen and oxygen atoms in total. The summed E-state index contributed by atoms with van der Waals surface area (Å²) in [5.74, 6) is 0.677. The molecule has 0 aromatic carbocycles. The molecule has 0 spiro atoms. The lowest BCUT2D eigenvalue weighted by Crippen LogP contribution is -2.34. The molecule has 0 aliphatic heterocycles. The van der Waals surface area contributed by atoms with Crippen LogP contribution in [0.15, 0.2) is 29.0 Å². The van der Waals surface area contributed by atoms with Crippen LogP contribution in [-0.4, -0.2) is 24.0 Å². The van der Waals surface area contributed by atoms with E-state index in [9.17, 15) is 4.79 Å². The van der Waals surface area contributed by atoms with Crippen molar-refractivity contribution in [3.63, 3.8) is 0 Å². The van der Waals surface area contributed by atoms with Gasteiger partial charge in [0.2, 0.25) is 0 Å². The van der Waals surface area contributed by atoms with Crippen LogP contribution in [0.1, 0.15) is 35.5 Å². The summed E-state index contributed by atoms with van der Waals surface area (Å²) >= 11 is 1.68.